The van der Waals surface area contributed by atoms with Gasteiger partial charge in [-0.2, -0.15) is 0 Å². The highest BCUT2D eigenvalue weighted by atomic mass is 16.3. The predicted octanol–water partition coefficient (Wildman–Crippen LogP) is 10.2. The van der Waals surface area contributed by atoms with Crippen LogP contribution in [0.15, 0.2) is 160 Å². The van der Waals surface area contributed by atoms with Gasteiger partial charge in [0.25, 0.3) is 6.71 Å². The molecule has 5 heteroatoms. The fourth-order valence-electron chi connectivity index (χ4n) is 8.37. The van der Waals surface area contributed by atoms with E-state index in [1.807, 2.05) is 18.2 Å². The largest absolute Gasteiger partial charge is 0.456 e. The van der Waals surface area contributed by atoms with E-state index in [1.165, 1.54) is 39.2 Å². The Hall–Kier alpha value is -5.94. The predicted molar refractivity (Wildman–Crippen MR) is 195 cm³/mol. The van der Waals surface area contributed by atoms with Crippen molar-refractivity contribution in [3.63, 3.8) is 0 Å². The molecular formula is C42H27BN2O2. The molecule has 0 atom stereocenters. The Bertz CT molecular complexity index is 2680. The van der Waals surface area contributed by atoms with Crippen LogP contribution in [0.4, 0.5) is 28.4 Å². The van der Waals surface area contributed by atoms with Crippen LogP contribution in [0.2, 0.25) is 0 Å². The first-order chi connectivity index (χ1) is 23.3. The third-order valence-corrected chi connectivity index (χ3v) is 10.3. The van der Waals surface area contributed by atoms with Crippen LogP contribution in [0.1, 0.15) is 12.8 Å². The SMILES string of the molecule is C1=C2B3c4ccccc4N(c4cccc5c4oc4ccccc45)c4cccc(c43)N(c3ccc4oc5ccccc5c4c3)C2=CCC1. The van der Waals surface area contributed by atoms with Crippen molar-refractivity contribution in [2.75, 3.05) is 9.80 Å². The van der Waals surface area contributed by atoms with Crippen LogP contribution < -0.4 is 20.7 Å². The second-order valence-electron chi connectivity index (χ2n) is 12.7. The molecule has 4 heterocycles. The molecule has 0 saturated carbocycles. The molecule has 3 aliphatic rings. The number of hydrogen-bond acceptors (Lipinski definition) is 4. The number of nitrogens with zero attached hydrogens (tertiary/aromatic N) is 2. The molecule has 11 rings (SSSR count). The lowest BCUT2D eigenvalue weighted by Gasteiger charge is -2.46. The van der Waals surface area contributed by atoms with Crippen molar-refractivity contribution in [2.45, 2.75) is 12.8 Å². The number of anilines is 5. The fourth-order valence-corrected chi connectivity index (χ4v) is 8.37. The summed E-state index contributed by atoms with van der Waals surface area (Å²) in [6, 6.07) is 45.5. The summed E-state index contributed by atoms with van der Waals surface area (Å²) in [4.78, 5) is 4.91. The Morgan fingerprint density at radius 1 is 0.489 bits per heavy atom. The average Bonchev–Trinajstić information content (AvgIpc) is 3.70. The van der Waals surface area contributed by atoms with E-state index < -0.39 is 0 Å². The Labute approximate surface area is 271 Å². The molecule has 0 spiro atoms. The summed E-state index contributed by atoms with van der Waals surface area (Å²) in [6.07, 6.45) is 6.98. The topological polar surface area (TPSA) is 32.8 Å². The van der Waals surface area contributed by atoms with E-state index >= 15 is 0 Å². The van der Waals surface area contributed by atoms with Crippen molar-refractivity contribution >= 4 is 90.0 Å². The van der Waals surface area contributed by atoms with Gasteiger partial charge in [-0.05, 0) is 83.8 Å². The summed E-state index contributed by atoms with van der Waals surface area (Å²) >= 11 is 0. The van der Waals surface area contributed by atoms with Crippen molar-refractivity contribution in [2.24, 2.45) is 0 Å². The van der Waals surface area contributed by atoms with E-state index in [0.717, 1.165) is 68.1 Å². The number of rotatable bonds is 2. The van der Waals surface area contributed by atoms with Crippen molar-refractivity contribution in [1.82, 2.24) is 0 Å². The molecule has 0 radical (unpaired) electrons. The third-order valence-electron chi connectivity index (χ3n) is 10.3. The second kappa shape index (κ2) is 9.30. The second-order valence-corrected chi connectivity index (χ2v) is 12.7. The van der Waals surface area contributed by atoms with Crippen molar-refractivity contribution in [3.05, 3.63) is 151 Å². The zero-order valence-electron chi connectivity index (χ0n) is 25.5. The van der Waals surface area contributed by atoms with Crippen LogP contribution in [-0.2, 0) is 0 Å². The summed E-state index contributed by atoms with van der Waals surface area (Å²) < 4.78 is 12.9. The average molecular weight is 603 g/mol. The van der Waals surface area contributed by atoms with E-state index in [-0.39, 0.29) is 6.71 Å². The van der Waals surface area contributed by atoms with Gasteiger partial charge in [0.05, 0.1) is 5.69 Å². The minimum absolute atomic E-state index is 0.129. The first-order valence-corrected chi connectivity index (χ1v) is 16.4. The lowest BCUT2D eigenvalue weighted by Crippen LogP contribution is -2.57. The van der Waals surface area contributed by atoms with Gasteiger partial charge in [0, 0.05) is 50.0 Å². The minimum Gasteiger partial charge on any atom is -0.456 e. The first kappa shape index (κ1) is 25.3. The van der Waals surface area contributed by atoms with Crippen molar-refractivity contribution in [1.29, 1.82) is 0 Å². The third kappa shape index (κ3) is 3.38. The molecule has 0 unspecified atom stereocenters. The van der Waals surface area contributed by atoms with Gasteiger partial charge in [-0.3, -0.25) is 0 Å². The van der Waals surface area contributed by atoms with Gasteiger partial charge in [-0.1, -0.05) is 84.9 Å². The molecule has 0 fully saturated rings. The maximum atomic E-state index is 6.63. The highest BCUT2D eigenvalue weighted by Gasteiger charge is 2.45. The van der Waals surface area contributed by atoms with Crippen molar-refractivity contribution < 1.29 is 8.83 Å². The molecule has 2 aliphatic heterocycles. The van der Waals surface area contributed by atoms with E-state index in [0.29, 0.717) is 0 Å². The Morgan fingerprint density at radius 2 is 1.13 bits per heavy atom. The van der Waals surface area contributed by atoms with Gasteiger partial charge in [-0.25, -0.2) is 0 Å². The summed E-state index contributed by atoms with van der Waals surface area (Å²) in [6.45, 7) is 0.129. The number of fused-ring (bicyclic) bond motifs is 10. The maximum Gasteiger partial charge on any atom is 0.251 e. The van der Waals surface area contributed by atoms with Crippen molar-refractivity contribution in [3.8, 4) is 0 Å². The molecule has 220 valence electrons. The number of allylic oxidation sites excluding steroid dienone is 3. The van der Waals surface area contributed by atoms with E-state index in [2.05, 4.69) is 131 Å². The normalized spacial score (nSPS) is 15.2. The molecule has 8 aromatic rings. The zero-order valence-corrected chi connectivity index (χ0v) is 25.5. The molecular weight excluding hydrogens is 575 g/mol. The van der Waals surface area contributed by atoms with Crippen LogP contribution in [0.5, 0.6) is 0 Å². The molecule has 6 aromatic carbocycles. The van der Waals surface area contributed by atoms with Crippen LogP contribution in [0.3, 0.4) is 0 Å². The smallest absolute Gasteiger partial charge is 0.251 e. The molecule has 0 bridgehead atoms. The van der Waals surface area contributed by atoms with Gasteiger partial charge in [0.15, 0.2) is 5.58 Å². The zero-order chi connectivity index (χ0) is 30.6. The number of furan rings is 2. The van der Waals surface area contributed by atoms with E-state index in [4.69, 9.17) is 8.83 Å². The molecule has 0 amide bonds. The summed E-state index contributed by atoms with van der Waals surface area (Å²) in [5.41, 5.74) is 14.7. The monoisotopic (exact) mass is 602 g/mol. The molecule has 0 saturated heterocycles. The summed E-state index contributed by atoms with van der Waals surface area (Å²) in [5.74, 6) is 0. The summed E-state index contributed by atoms with van der Waals surface area (Å²) in [5, 5.41) is 4.54. The molecule has 47 heavy (non-hydrogen) atoms. The highest BCUT2D eigenvalue weighted by molar-refractivity contribution is 6.96. The van der Waals surface area contributed by atoms with Gasteiger partial charge in [0.2, 0.25) is 0 Å². The molecule has 4 nitrogen and oxygen atoms in total. The Kier molecular flexibility index (Phi) is 5.00. The van der Waals surface area contributed by atoms with Gasteiger partial charge in [0.1, 0.15) is 16.7 Å². The molecule has 2 aromatic heterocycles. The van der Waals surface area contributed by atoms with Crippen LogP contribution in [0, 0.1) is 0 Å². The van der Waals surface area contributed by atoms with Gasteiger partial charge in [-0.15, -0.1) is 0 Å². The van der Waals surface area contributed by atoms with Crippen LogP contribution in [-0.4, -0.2) is 6.71 Å². The standard InChI is InChI=1S/C42H27BN2O2/c1-8-22-39-27(11-1)29-13-9-20-37(42(29)47-39)45-34-17-6-4-15-32(34)43-31-14-3-5-16-33(31)44(35-18-10-19-36(45)41(35)43)26-23-24-40-30(25-26)28-12-2-7-21-38(28)46-40/h1-2,4,6-25H,3,5H2. The lowest BCUT2D eigenvalue weighted by molar-refractivity contribution is 0.668. The molecule has 0 N–H and O–H groups in total. The van der Waals surface area contributed by atoms with E-state index in [9.17, 15) is 0 Å². The fraction of sp³-hybridized carbons (Fsp3) is 0.0476. The Balaban J connectivity index is 1.20. The summed E-state index contributed by atoms with van der Waals surface area (Å²) in [7, 11) is 0. The highest BCUT2D eigenvalue weighted by Crippen LogP contribution is 2.48. The number of benzene rings is 6. The maximum absolute atomic E-state index is 6.63. The lowest BCUT2D eigenvalue weighted by atomic mass is 9.32. The minimum atomic E-state index is 0.129. The van der Waals surface area contributed by atoms with E-state index in [1.54, 1.807) is 0 Å². The molecule has 1 aliphatic carbocycles. The van der Waals surface area contributed by atoms with Gasteiger partial charge >= 0.3 is 0 Å². The number of para-hydroxylation sites is 4. The van der Waals surface area contributed by atoms with Crippen LogP contribution >= 0.6 is 0 Å². The van der Waals surface area contributed by atoms with Crippen LogP contribution in [0.25, 0.3) is 43.9 Å². The number of hydrogen-bond donors (Lipinski definition) is 0. The quantitative estimate of drug-likeness (QED) is 0.184. The first-order valence-electron chi connectivity index (χ1n) is 16.4. The van der Waals surface area contributed by atoms with Gasteiger partial charge < -0.3 is 18.6 Å². The Morgan fingerprint density at radius 3 is 2.02 bits per heavy atom.